The third-order valence-corrected chi connectivity index (χ3v) is 5.43. The van der Waals surface area contributed by atoms with Crippen LogP contribution in [0.4, 0.5) is 11.8 Å². The molecule has 1 saturated carbocycles. The van der Waals surface area contributed by atoms with Crippen LogP contribution in [0.1, 0.15) is 64.2 Å². The van der Waals surface area contributed by atoms with Gasteiger partial charge in [0.15, 0.2) is 0 Å². The number of rotatable bonds is 6. The van der Waals surface area contributed by atoms with E-state index in [1.165, 1.54) is 6.20 Å². The van der Waals surface area contributed by atoms with Crippen molar-refractivity contribution in [1.29, 1.82) is 0 Å². The molecule has 1 aromatic heterocycles. The molecule has 0 radical (unpaired) electrons. The van der Waals surface area contributed by atoms with Gasteiger partial charge in [0.2, 0.25) is 5.95 Å². The Morgan fingerprint density at radius 3 is 2.64 bits per heavy atom. The topological polar surface area (TPSA) is 113 Å². The molecule has 1 heterocycles. The fourth-order valence-electron chi connectivity index (χ4n) is 2.79. The van der Waals surface area contributed by atoms with E-state index in [9.17, 15) is 9.90 Å². The van der Waals surface area contributed by atoms with Crippen LogP contribution in [-0.4, -0.2) is 38.7 Å². The summed E-state index contributed by atoms with van der Waals surface area (Å²) in [6.07, 6.45) is 3.59. The van der Waals surface area contributed by atoms with Crippen LogP contribution >= 0.6 is 0 Å². The molecule has 0 saturated heterocycles. The van der Waals surface area contributed by atoms with Gasteiger partial charge in [-0.3, -0.25) is 4.79 Å². The van der Waals surface area contributed by atoms with Crippen LogP contribution in [0.2, 0.25) is 0 Å². The molecule has 0 aliphatic heterocycles. The number of anilines is 2. The molecule has 25 heavy (non-hydrogen) atoms. The first-order chi connectivity index (χ1) is 11.6. The van der Waals surface area contributed by atoms with E-state index in [0.29, 0.717) is 30.0 Å². The number of carbonyl (C=O) groups is 1. The average Bonchev–Trinajstić information content (AvgIpc) is 2.50. The lowest BCUT2D eigenvalue weighted by Crippen LogP contribution is -2.38. The SMILES string of the molecule is CC(C)C(C)(C)Nc1ncc(C(N)=O)c(N[C@@H]2CC[C@@H](C)[C@H](O)C2)n1. The second-order valence-corrected chi connectivity index (χ2v) is 8.02. The molecule has 2 rings (SSSR count). The van der Waals surface area contributed by atoms with E-state index in [1.807, 2.05) is 0 Å². The van der Waals surface area contributed by atoms with Crippen LogP contribution < -0.4 is 16.4 Å². The molecular formula is C18H31N5O2. The molecule has 7 nitrogen and oxygen atoms in total. The van der Waals surface area contributed by atoms with Crippen molar-refractivity contribution < 1.29 is 9.90 Å². The molecule has 0 unspecified atom stereocenters. The highest BCUT2D eigenvalue weighted by Gasteiger charge is 2.28. The zero-order valence-corrected chi connectivity index (χ0v) is 15.8. The smallest absolute Gasteiger partial charge is 0.254 e. The summed E-state index contributed by atoms with van der Waals surface area (Å²) in [5.41, 5.74) is 5.54. The van der Waals surface area contributed by atoms with Gasteiger partial charge < -0.3 is 21.5 Å². The third kappa shape index (κ3) is 4.81. The molecule has 7 heteroatoms. The minimum absolute atomic E-state index is 0.0603. The summed E-state index contributed by atoms with van der Waals surface area (Å²) in [4.78, 5) is 20.4. The predicted octanol–water partition coefficient (Wildman–Crippen LogP) is 2.38. The van der Waals surface area contributed by atoms with E-state index < -0.39 is 5.91 Å². The molecule has 5 N–H and O–H groups in total. The van der Waals surface area contributed by atoms with Crippen molar-refractivity contribution in [2.24, 2.45) is 17.6 Å². The Morgan fingerprint density at radius 1 is 1.40 bits per heavy atom. The van der Waals surface area contributed by atoms with Crippen LogP contribution in [0.3, 0.4) is 0 Å². The van der Waals surface area contributed by atoms with Crippen molar-refractivity contribution in [3.05, 3.63) is 11.8 Å². The minimum Gasteiger partial charge on any atom is -0.393 e. The van der Waals surface area contributed by atoms with Crippen LogP contribution in [-0.2, 0) is 0 Å². The number of hydrogen-bond donors (Lipinski definition) is 4. The Kier molecular flexibility index (Phi) is 5.87. The summed E-state index contributed by atoms with van der Waals surface area (Å²) in [5.74, 6) is 0.982. The molecule has 140 valence electrons. The van der Waals surface area contributed by atoms with Gasteiger partial charge in [-0.05, 0) is 44.9 Å². The standard InChI is InChI=1S/C18H31N5O2/c1-10(2)18(4,5)23-17-20-9-13(15(19)25)16(22-17)21-12-7-6-11(3)14(24)8-12/h9-12,14,24H,6-8H2,1-5H3,(H2,19,25)(H2,20,21,22,23)/t11-,12-,14-/m1/s1. The molecule has 0 aromatic carbocycles. The molecule has 1 fully saturated rings. The zero-order chi connectivity index (χ0) is 18.8. The van der Waals surface area contributed by atoms with Gasteiger partial charge >= 0.3 is 0 Å². The van der Waals surface area contributed by atoms with Gasteiger partial charge in [-0.1, -0.05) is 20.8 Å². The molecule has 0 spiro atoms. The first kappa shape index (κ1) is 19.4. The lowest BCUT2D eigenvalue weighted by molar-refractivity contribution is 0.0739. The molecule has 3 atom stereocenters. The Bertz CT molecular complexity index is 617. The van der Waals surface area contributed by atoms with Crippen LogP contribution in [0.25, 0.3) is 0 Å². The summed E-state index contributed by atoms with van der Waals surface area (Å²) >= 11 is 0. The van der Waals surface area contributed by atoms with Gasteiger partial charge in [0.25, 0.3) is 5.91 Å². The van der Waals surface area contributed by atoms with Crippen LogP contribution in [0.15, 0.2) is 6.20 Å². The van der Waals surface area contributed by atoms with E-state index >= 15 is 0 Å². The number of primary amides is 1. The number of aliphatic hydroxyl groups is 1. The van der Waals surface area contributed by atoms with E-state index in [2.05, 4.69) is 55.2 Å². The number of aromatic nitrogens is 2. The minimum atomic E-state index is -0.568. The average molecular weight is 349 g/mol. The molecule has 1 aromatic rings. The number of aliphatic hydroxyl groups excluding tert-OH is 1. The Hall–Kier alpha value is -1.89. The quantitative estimate of drug-likeness (QED) is 0.627. The summed E-state index contributed by atoms with van der Waals surface area (Å²) in [7, 11) is 0. The van der Waals surface area contributed by atoms with E-state index in [0.717, 1.165) is 12.8 Å². The second kappa shape index (κ2) is 7.56. The Morgan fingerprint density at radius 2 is 2.08 bits per heavy atom. The van der Waals surface area contributed by atoms with Gasteiger partial charge in [0.05, 0.1) is 11.7 Å². The summed E-state index contributed by atoms with van der Waals surface area (Å²) < 4.78 is 0. The third-order valence-electron chi connectivity index (χ3n) is 5.43. The fraction of sp³-hybridized carbons (Fsp3) is 0.722. The Balaban J connectivity index is 2.22. The largest absolute Gasteiger partial charge is 0.393 e. The van der Waals surface area contributed by atoms with Gasteiger partial charge in [0, 0.05) is 17.8 Å². The number of carbonyl (C=O) groups excluding carboxylic acids is 1. The van der Waals surface area contributed by atoms with Crippen molar-refractivity contribution in [3.63, 3.8) is 0 Å². The molecule has 1 amide bonds. The van der Waals surface area contributed by atoms with Gasteiger partial charge in [-0.15, -0.1) is 0 Å². The summed E-state index contributed by atoms with van der Waals surface area (Å²) in [6, 6.07) is 0.0603. The maximum atomic E-state index is 11.7. The molecule has 0 bridgehead atoms. The predicted molar refractivity (Wildman–Crippen MR) is 99.5 cm³/mol. The zero-order valence-electron chi connectivity index (χ0n) is 15.8. The first-order valence-electron chi connectivity index (χ1n) is 8.99. The number of nitrogens with two attached hydrogens (primary N) is 1. The number of nitrogens with zero attached hydrogens (tertiary/aromatic N) is 2. The van der Waals surface area contributed by atoms with Crippen molar-refractivity contribution in [1.82, 2.24) is 9.97 Å². The highest BCUT2D eigenvalue weighted by atomic mass is 16.3. The Labute approximate surface area is 149 Å². The number of amides is 1. The van der Waals surface area contributed by atoms with E-state index in [4.69, 9.17) is 5.73 Å². The highest BCUT2D eigenvalue weighted by Crippen LogP contribution is 2.28. The first-order valence-corrected chi connectivity index (χ1v) is 8.99. The lowest BCUT2D eigenvalue weighted by atomic mass is 9.85. The lowest BCUT2D eigenvalue weighted by Gasteiger charge is -2.33. The van der Waals surface area contributed by atoms with E-state index in [-0.39, 0.29) is 23.2 Å². The fourth-order valence-corrected chi connectivity index (χ4v) is 2.79. The van der Waals surface area contributed by atoms with Crippen molar-refractivity contribution in [2.75, 3.05) is 10.6 Å². The number of nitrogens with one attached hydrogen (secondary N) is 2. The van der Waals surface area contributed by atoms with Gasteiger partial charge in [-0.2, -0.15) is 4.98 Å². The maximum Gasteiger partial charge on any atom is 0.254 e. The highest BCUT2D eigenvalue weighted by molar-refractivity contribution is 5.97. The molecule has 1 aliphatic rings. The number of hydrogen-bond acceptors (Lipinski definition) is 6. The van der Waals surface area contributed by atoms with Crippen molar-refractivity contribution >= 4 is 17.7 Å². The molecular weight excluding hydrogens is 318 g/mol. The summed E-state index contributed by atoms with van der Waals surface area (Å²) in [6.45, 7) is 10.4. The maximum absolute atomic E-state index is 11.7. The second-order valence-electron chi connectivity index (χ2n) is 8.02. The van der Waals surface area contributed by atoms with Crippen molar-refractivity contribution in [3.8, 4) is 0 Å². The molecule has 1 aliphatic carbocycles. The van der Waals surface area contributed by atoms with Crippen molar-refractivity contribution in [2.45, 2.75) is 71.6 Å². The monoisotopic (exact) mass is 349 g/mol. The van der Waals surface area contributed by atoms with Crippen LogP contribution in [0, 0.1) is 11.8 Å². The van der Waals surface area contributed by atoms with Gasteiger partial charge in [-0.25, -0.2) is 4.98 Å². The van der Waals surface area contributed by atoms with E-state index in [1.54, 1.807) is 0 Å². The summed E-state index contributed by atoms with van der Waals surface area (Å²) in [5, 5.41) is 16.7. The van der Waals surface area contributed by atoms with Gasteiger partial charge in [0.1, 0.15) is 5.82 Å². The normalized spacial score (nSPS) is 24.2. The van der Waals surface area contributed by atoms with Crippen LogP contribution in [0.5, 0.6) is 0 Å².